The van der Waals surface area contributed by atoms with Gasteiger partial charge in [0, 0.05) is 5.57 Å². The van der Waals surface area contributed by atoms with Gasteiger partial charge < -0.3 is 4.84 Å². The van der Waals surface area contributed by atoms with Crippen LogP contribution in [0, 0.1) is 12.8 Å². The molecular formula is C18H19NO3. The van der Waals surface area contributed by atoms with Gasteiger partial charge in [0.1, 0.15) is 5.71 Å². The van der Waals surface area contributed by atoms with Crippen LogP contribution in [0.2, 0.25) is 0 Å². The zero-order chi connectivity index (χ0) is 16.3. The van der Waals surface area contributed by atoms with Crippen molar-refractivity contribution in [2.24, 2.45) is 11.1 Å². The number of rotatable bonds is 3. The number of aryl methyl sites for hydroxylation is 1. The number of hydrogen-bond donors (Lipinski definition) is 0. The van der Waals surface area contributed by atoms with Crippen LogP contribution in [0.1, 0.15) is 36.7 Å². The first-order valence-corrected chi connectivity index (χ1v) is 7.19. The predicted molar refractivity (Wildman–Crippen MR) is 85.7 cm³/mol. The molecule has 0 aliphatic heterocycles. The van der Waals surface area contributed by atoms with E-state index in [0.29, 0.717) is 22.4 Å². The average molecular weight is 297 g/mol. The third-order valence-corrected chi connectivity index (χ3v) is 3.43. The molecule has 4 nitrogen and oxygen atoms in total. The molecule has 0 bridgehead atoms. The van der Waals surface area contributed by atoms with Crippen molar-refractivity contribution in [1.82, 2.24) is 0 Å². The molecule has 0 radical (unpaired) electrons. The number of allylic oxidation sites excluding steroid dienone is 4. The zero-order valence-electron chi connectivity index (χ0n) is 13.2. The Morgan fingerprint density at radius 1 is 1.18 bits per heavy atom. The lowest BCUT2D eigenvalue weighted by Gasteiger charge is -2.14. The minimum absolute atomic E-state index is 0.0172. The van der Waals surface area contributed by atoms with Crippen LogP contribution in [0.3, 0.4) is 0 Å². The molecule has 0 atom stereocenters. The Balaban J connectivity index is 2.20. The first-order valence-electron chi connectivity index (χ1n) is 7.19. The van der Waals surface area contributed by atoms with Gasteiger partial charge in [0.25, 0.3) is 0 Å². The summed E-state index contributed by atoms with van der Waals surface area (Å²) in [5, 5.41) is 3.91. The second-order valence-electron chi connectivity index (χ2n) is 5.67. The Bertz CT molecular complexity index is 709. The summed E-state index contributed by atoms with van der Waals surface area (Å²) in [6, 6.07) is 7.11. The molecule has 1 aromatic carbocycles. The maximum absolute atomic E-state index is 12.0. The number of hydrogen-bond acceptors (Lipinski definition) is 4. The highest BCUT2D eigenvalue weighted by molar-refractivity contribution is 6.21. The van der Waals surface area contributed by atoms with Crippen molar-refractivity contribution in [2.75, 3.05) is 0 Å². The van der Waals surface area contributed by atoms with Gasteiger partial charge >= 0.3 is 5.97 Å². The van der Waals surface area contributed by atoms with Gasteiger partial charge in [-0.2, -0.15) is 0 Å². The Labute approximate surface area is 130 Å². The van der Waals surface area contributed by atoms with E-state index in [-0.39, 0.29) is 11.7 Å². The lowest BCUT2D eigenvalue weighted by atomic mass is 9.90. The molecule has 2 rings (SSSR count). The summed E-state index contributed by atoms with van der Waals surface area (Å²) in [6.45, 7) is 7.55. The molecule has 0 aromatic heterocycles. The maximum atomic E-state index is 12.0. The summed E-state index contributed by atoms with van der Waals surface area (Å²) in [4.78, 5) is 28.9. The van der Waals surface area contributed by atoms with Crippen molar-refractivity contribution in [3.8, 4) is 0 Å². The fourth-order valence-electron chi connectivity index (χ4n) is 2.15. The smallest absolute Gasteiger partial charge is 0.312 e. The van der Waals surface area contributed by atoms with Crippen LogP contribution in [0.4, 0.5) is 0 Å². The van der Waals surface area contributed by atoms with Gasteiger partial charge in [0.2, 0.25) is 0 Å². The summed E-state index contributed by atoms with van der Waals surface area (Å²) in [5.74, 6) is -0.439. The van der Waals surface area contributed by atoms with E-state index in [1.54, 1.807) is 31.2 Å². The summed E-state index contributed by atoms with van der Waals surface area (Å²) in [5.41, 5.74) is 3.28. The molecule has 0 unspecified atom stereocenters. The van der Waals surface area contributed by atoms with Gasteiger partial charge in [0.15, 0.2) is 5.78 Å². The normalized spacial score (nSPS) is 16.6. The highest BCUT2D eigenvalue weighted by atomic mass is 16.7. The van der Waals surface area contributed by atoms with Crippen molar-refractivity contribution in [1.29, 1.82) is 0 Å². The van der Waals surface area contributed by atoms with Crippen molar-refractivity contribution >= 4 is 17.5 Å². The monoisotopic (exact) mass is 297 g/mol. The van der Waals surface area contributed by atoms with Crippen molar-refractivity contribution < 1.29 is 14.4 Å². The molecule has 0 fully saturated rings. The van der Waals surface area contributed by atoms with E-state index >= 15 is 0 Å². The van der Waals surface area contributed by atoms with Gasteiger partial charge in [-0.1, -0.05) is 36.7 Å². The topological polar surface area (TPSA) is 55.7 Å². The number of carbonyl (C=O) groups excluding carboxylic acids is 2. The molecule has 0 spiro atoms. The standard InChI is InChI=1S/C18H19NO3/c1-11(2)15-10-16(13(4)9-17(15)20)19-22-18(21)14-7-5-6-12(3)8-14/h5-11H,1-4H3/b19-16-. The van der Waals surface area contributed by atoms with E-state index in [1.165, 1.54) is 6.08 Å². The highest BCUT2D eigenvalue weighted by Crippen LogP contribution is 2.19. The van der Waals surface area contributed by atoms with Gasteiger partial charge in [-0.3, -0.25) is 4.79 Å². The van der Waals surface area contributed by atoms with E-state index in [1.807, 2.05) is 26.8 Å². The SMILES string of the molecule is CC1=CC(=O)C(C(C)C)=C/C1=N/OC(=O)c1cccc(C)c1. The highest BCUT2D eigenvalue weighted by Gasteiger charge is 2.19. The van der Waals surface area contributed by atoms with E-state index in [2.05, 4.69) is 5.16 Å². The number of benzene rings is 1. The van der Waals surface area contributed by atoms with Crippen LogP contribution in [-0.4, -0.2) is 17.5 Å². The molecule has 1 aliphatic rings. The Hall–Kier alpha value is -2.49. The van der Waals surface area contributed by atoms with Crippen LogP contribution in [0.25, 0.3) is 0 Å². The van der Waals surface area contributed by atoms with Crippen molar-refractivity contribution in [3.63, 3.8) is 0 Å². The third kappa shape index (κ3) is 3.58. The first kappa shape index (κ1) is 15.9. The van der Waals surface area contributed by atoms with Gasteiger partial charge in [0.05, 0.1) is 5.56 Å². The Morgan fingerprint density at radius 2 is 1.91 bits per heavy atom. The molecule has 0 amide bonds. The average Bonchev–Trinajstić information content (AvgIpc) is 2.45. The van der Waals surface area contributed by atoms with Gasteiger partial charge in [-0.15, -0.1) is 0 Å². The number of ketones is 1. The van der Waals surface area contributed by atoms with Gasteiger partial charge in [-0.25, -0.2) is 4.79 Å². The summed E-state index contributed by atoms with van der Waals surface area (Å²) in [6.07, 6.45) is 3.21. The zero-order valence-corrected chi connectivity index (χ0v) is 13.2. The molecule has 0 heterocycles. The second kappa shape index (κ2) is 6.52. The number of nitrogens with zero attached hydrogens (tertiary/aromatic N) is 1. The van der Waals surface area contributed by atoms with Crippen LogP contribution < -0.4 is 0 Å². The van der Waals surface area contributed by atoms with Gasteiger partial charge in [-0.05, 0) is 49.6 Å². The quantitative estimate of drug-likeness (QED) is 0.486. The fraction of sp³-hybridized carbons (Fsp3) is 0.278. The third-order valence-electron chi connectivity index (χ3n) is 3.43. The van der Waals surface area contributed by atoms with Crippen LogP contribution in [-0.2, 0) is 9.63 Å². The van der Waals surface area contributed by atoms with Crippen molar-refractivity contribution in [3.05, 3.63) is 58.7 Å². The molecule has 1 aromatic rings. The van der Waals surface area contributed by atoms with Crippen molar-refractivity contribution in [2.45, 2.75) is 27.7 Å². The van der Waals surface area contributed by atoms with E-state index in [0.717, 1.165) is 5.56 Å². The van der Waals surface area contributed by atoms with E-state index in [4.69, 9.17) is 4.84 Å². The van der Waals surface area contributed by atoms with Crippen LogP contribution in [0.5, 0.6) is 0 Å². The lowest BCUT2D eigenvalue weighted by Crippen LogP contribution is -2.16. The number of carbonyl (C=O) groups is 2. The van der Waals surface area contributed by atoms with Crippen LogP contribution in [0.15, 0.2) is 52.7 Å². The largest absolute Gasteiger partial charge is 0.365 e. The maximum Gasteiger partial charge on any atom is 0.365 e. The minimum Gasteiger partial charge on any atom is -0.312 e. The van der Waals surface area contributed by atoms with E-state index in [9.17, 15) is 9.59 Å². The fourth-order valence-corrected chi connectivity index (χ4v) is 2.15. The Kier molecular flexibility index (Phi) is 4.71. The molecule has 114 valence electrons. The summed E-state index contributed by atoms with van der Waals surface area (Å²) >= 11 is 0. The lowest BCUT2D eigenvalue weighted by molar-refractivity contribution is -0.111. The molecular weight excluding hydrogens is 278 g/mol. The minimum atomic E-state index is -0.514. The first-order chi connectivity index (χ1) is 10.4. The summed E-state index contributed by atoms with van der Waals surface area (Å²) in [7, 11) is 0. The molecule has 4 heteroatoms. The molecule has 1 aliphatic carbocycles. The molecule has 0 saturated heterocycles. The second-order valence-corrected chi connectivity index (χ2v) is 5.67. The molecule has 22 heavy (non-hydrogen) atoms. The predicted octanol–water partition coefficient (Wildman–Crippen LogP) is 3.62. The van der Waals surface area contributed by atoms with E-state index < -0.39 is 5.97 Å². The molecule has 0 N–H and O–H groups in total. The van der Waals surface area contributed by atoms with Crippen LogP contribution >= 0.6 is 0 Å². The molecule has 0 saturated carbocycles. The summed E-state index contributed by atoms with van der Waals surface area (Å²) < 4.78 is 0. The number of oxime groups is 1. The Morgan fingerprint density at radius 3 is 2.55 bits per heavy atom.